The molecule has 2 aliphatic heterocycles. The summed E-state index contributed by atoms with van der Waals surface area (Å²) in [5, 5.41) is 87.0. The second-order valence-corrected chi connectivity index (χ2v) is 19.7. The van der Waals surface area contributed by atoms with Crippen molar-refractivity contribution in [2.24, 2.45) is 0 Å². The first kappa shape index (κ1) is 61.1. The molecule has 0 aromatic rings. The van der Waals surface area contributed by atoms with E-state index >= 15 is 0 Å². The van der Waals surface area contributed by atoms with Gasteiger partial charge in [0, 0.05) is 6.42 Å². The lowest BCUT2D eigenvalue weighted by molar-refractivity contribution is -0.359. The first-order valence-electron chi connectivity index (χ1n) is 27.3. The maximum atomic E-state index is 13.2. The molecule has 0 aromatic heterocycles. The van der Waals surface area contributed by atoms with Crippen LogP contribution in [0.5, 0.6) is 0 Å². The molecule has 14 nitrogen and oxygen atoms in total. The average molecular weight is 948 g/mol. The zero-order chi connectivity index (χ0) is 48.2. The molecule has 2 heterocycles. The summed E-state index contributed by atoms with van der Waals surface area (Å²) in [6, 6.07) is -0.821. The highest BCUT2D eigenvalue weighted by Gasteiger charge is 2.51. The summed E-state index contributed by atoms with van der Waals surface area (Å²) >= 11 is 0. The second-order valence-electron chi connectivity index (χ2n) is 19.7. The highest BCUT2D eigenvalue weighted by Crippen LogP contribution is 2.30. The van der Waals surface area contributed by atoms with Crippen molar-refractivity contribution in [1.29, 1.82) is 0 Å². The molecule has 392 valence electrons. The lowest BCUT2D eigenvalue weighted by Gasteiger charge is -2.46. The van der Waals surface area contributed by atoms with E-state index < -0.39 is 86.8 Å². The second kappa shape index (κ2) is 39.7. The van der Waals surface area contributed by atoms with Crippen LogP contribution in [0, 0.1) is 0 Å². The van der Waals surface area contributed by atoms with Crippen LogP contribution < -0.4 is 5.32 Å². The third-order valence-electron chi connectivity index (χ3n) is 13.8. The number of carbonyl (C=O) groups excluding carboxylic acids is 1. The Kier molecular flexibility index (Phi) is 36.7. The van der Waals surface area contributed by atoms with Gasteiger partial charge in [0.25, 0.3) is 0 Å². The Morgan fingerprint density at radius 1 is 0.485 bits per heavy atom. The van der Waals surface area contributed by atoms with Crippen LogP contribution in [-0.2, 0) is 23.7 Å². The first-order valence-corrected chi connectivity index (χ1v) is 27.3. The van der Waals surface area contributed by atoms with Crippen molar-refractivity contribution in [3.05, 3.63) is 0 Å². The van der Waals surface area contributed by atoms with Crippen molar-refractivity contribution in [3.63, 3.8) is 0 Å². The molecule has 0 spiro atoms. The molecular formula is C52H101NO13. The maximum absolute atomic E-state index is 13.2. The van der Waals surface area contributed by atoms with Gasteiger partial charge < -0.3 is 65.1 Å². The molecule has 0 saturated carbocycles. The van der Waals surface area contributed by atoms with Crippen LogP contribution in [0.2, 0.25) is 0 Å². The lowest BCUT2D eigenvalue weighted by Crippen LogP contribution is -2.65. The van der Waals surface area contributed by atoms with Gasteiger partial charge in [-0.05, 0) is 12.8 Å². The van der Waals surface area contributed by atoms with E-state index in [-0.39, 0.29) is 12.5 Å². The lowest BCUT2D eigenvalue weighted by atomic mass is 9.97. The molecule has 2 saturated heterocycles. The van der Waals surface area contributed by atoms with E-state index in [0.717, 1.165) is 51.4 Å². The fourth-order valence-electron chi connectivity index (χ4n) is 9.36. The van der Waals surface area contributed by atoms with Crippen LogP contribution in [0.1, 0.15) is 232 Å². The standard InChI is InChI=1S/C52H101NO13/c1-3-5-7-9-11-13-15-17-18-19-20-21-22-24-26-28-30-32-34-36-44(57)53-40(41(56)35-33-31-29-27-25-23-16-14-12-10-8-6-4-2)39-63-51-49(62)47(60)50(43(38-55)65-51)66-52-48(61)46(59)45(58)42(37-54)64-52/h40-43,45-52,54-56,58-62H,3-39H2,1-2H3,(H,53,57)/t40-,41+,42?,43?,45-,46-,47+,48?,49?,50+,51+,52-/m0/s1. The first-order chi connectivity index (χ1) is 32.1. The topological polar surface area (TPSA) is 228 Å². The van der Waals surface area contributed by atoms with Gasteiger partial charge >= 0.3 is 0 Å². The Labute approximate surface area is 400 Å². The number of nitrogens with one attached hydrogen (secondary N) is 1. The van der Waals surface area contributed by atoms with E-state index in [1.165, 1.54) is 154 Å². The van der Waals surface area contributed by atoms with Crippen LogP contribution in [0.3, 0.4) is 0 Å². The van der Waals surface area contributed by atoms with Crippen molar-refractivity contribution in [3.8, 4) is 0 Å². The van der Waals surface area contributed by atoms with Crippen molar-refractivity contribution >= 4 is 5.91 Å². The van der Waals surface area contributed by atoms with Gasteiger partial charge in [0.15, 0.2) is 12.6 Å². The summed E-state index contributed by atoms with van der Waals surface area (Å²) in [6.45, 7) is 2.87. The van der Waals surface area contributed by atoms with Crippen molar-refractivity contribution in [2.75, 3.05) is 19.8 Å². The van der Waals surface area contributed by atoms with Gasteiger partial charge in [-0.3, -0.25) is 4.79 Å². The molecule has 2 fully saturated rings. The van der Waals surface area contributed by atoms with Gasteiger partial charge in [0.1, 0.15) is 48.8 Å². The highest BCUT2D eigenvalue weighted by atomic mass is 16.7. The molecule has 9 N–H and O–H groups in total. The number of amides is 1. The molecule has 12 atom stereocenters. The van der Waals surface area contributed by atoms with E-state index in [1.807, 2.05) is 0 Å². The quantitative estimate of drug-likeness (QED) is 0.0267. The molecule has 14 heteroatoms. The van der Waals surface area contributed by atoms with Crippen molar-refractivity contribution in [2.45, 2.75) is 306 Å². The van der Waals surface area contributed by atoms with Gasteiger partial charge in [-0.15, -0.1) is 0 Å². The van der Waals surface area contributed by atoms with Gasteiger partial charge in [-0.25, -0.2) is 0 Å². The van der Waals surface area contributed by atoms with E-state index in [2.05, 4.69) is 19.2 Å². The summed E-state index contributed by atoms with van der Waals surface area (Å²) in [5.41, 5.74) is 0. The minimum Gasteiger partial charge on any atom is -0.394 e. The number of hydrogen-bond acceptors (Lipinski definition) is 13. The molecular weight excluding hydrogens is 847 g/mol. The molecule has 0 aromatic carbocycles. The number of aliphatic hydroxyl groups excluding tert-OH is 8. The largest absolute Gasteiger partial charge is 0.394 e. The minimum absolute atomic E-state index is 0.202. The Morgan fingerprint density at radius 3 is 1.29 bits per heavy atom. The number of aliphatic hydroxyl groups is 8. The van der Waals surface area contributed by atoms with E-state index in [0.29, 0.717) is 12.8 Å². The third kappa shape index (κ3) is 26.3. The number of carbonyl (C=O) groups is 1. The zero-order valence-electron chi connectivity index (χ0n) is 41.7. The summed E-state index contributed by atoms with van der Waals surface area (Å²) < 4.78 is 22.8. The molecule has 0 aliphatic carbocycles. The van der Waals surface area contributed by atoms with Gasteiger partial charge in [-0.2, -0.15) is 0 Å². The molecule has 1 amide bonds. The summed E-state index contributed by atoms with van der Waals surface area (Å²) in [7, 11) is 0. The van der Waals surface area contributed by atoms with Crippen LogP contribution >= 0.6 is 0 Å². The van der Waals surface area contributed by atoms with E-state index in [9.17, 15) is 45.6 Å². The Morgan fingerprint density at radius 2 is 0.864 bits per heavy atom. The third-order valence-corrected chi connectivity index (χ3v) is 13.8. The average Bonchev–Trinajstić information content (AvgIpc) is 3.31. The van der Waals surface area contributed by atoms with Gasteiger partial charge in [-0.1, -0.05) is 213 Å². The van der Waals surface area contributed by atoms with Crippen LogP contribution in [0.25, 0.3) is 0 Å². The smallest absolute Gasteiger partial charge is 0.220 e. The van der Waals surface area contributed by atoms with Gasteiger partial charge in [0.05, 0.1) is 32.0 Å². The molecule has 0 radical (unpaired) electrons. The number of unbranched alkanes of at least 4 members (excludes halogenated alkanes) is 30. The zero-order valence-corrected chi connectivity index (χ0v) is 41.7. The summed E-state index contributed by atoms with van der Waals surface area (Å²) in [4.78, 5) is 13.2. The number of rotatable bonds is 43. The molecule has 2 rings (SSSR count). The Bertz CT molecular complexity index is 1120. The predicted molar refractivity (Wildman–Crippen MR) is 259 cm³/mol. The van der Waals surface area contributed by atoms with Crippen molar-refractivity contribution < 1.29 is 64.6 Å². The monoisotopic (exact) mass is 948 g/mol. The van der Waals surface area contributed by atoms with Gasteiger partial charge in [0.2, 0.25) is 5.91 Å². The Balaban J connectivity index is 1.78. The fraction of sp³-hybridized carbons (Fsp3) is 0.981. The van der Waals surface area contributed by atoms with Crippen LogP contribution in [0.4, 0.5) is 0 Å². The molecule has 0 bridgehead atoms. The normalized spacial score (nSPS) is 26.7. The number of ether oxygens (including phenoxy) is 4. The predicted octanol–water partition coefficient (Wildman–Crippen LogP) is 7.78. The van der Waals surface area contributed by atoms with E-state index in [1.54, 1.807) is 0 Å². The van der Waals surface area contributed by atoms with Crippen molar-refractivity contribution in [1.82, 2.24) is 5.32 Å². The SMILES string of the molecule is CCCCCCCCCCCCCCCCCCCCCC(=O)N[C@@H](CO[C@@H]1OC(CO)[C@@H](O[C@@H]2OC(CO)[C@H](O)[C@H](O)C2O)[C@H](O)C1O)[C@H](O)CCCCCCCCCCCCCCC. The number of hydrogen-bond donors (Lipinski definition) is 9. The summed E-state index contributed by atoms with van der Waals surface area (Å²) in [6.07, 6.45) is 23.9. The van der Waals surface area contributed by atoms with E-state index in [4.69, 9.17) is 18.9 Å². The summed E-state index contributed by atoms with van der Waals surface area (Å²) in [5.74, 6) is -0.202. The van der Waals surface area contributed by atoms with Crippen LogP contribution in [0.15, 0.2) is 0 Å². The van der Waals surface area contributed by atoms with Crippen LogP contribution in [-0.4, -0.2) is 140 Å². The minimum atomic E-state index is -1.78. The molecule has 4 unspecified atom stereocenters. The highest BCUT2D eigenvalue weighted by molar-refractivity contribution is 5.76. The molecule has 66 heavy (non-hydrogen) atoms. The Hall–Kier alpha value is -1.01. The fourth-order valence-corrected chi connectivity index (χ4v) is 9.36. The molecule has 2 aliphatic rings. The maximum Gasteiger partial charge on any atom is 0.220 e.